The molecule has 1 aromatic heterocycles. The SMILES string of the molecule is CCNC(c1ncccn1)c1cccc(OC)c1F. The number of ether oxygens (including phenoxy) is 1. The first-order chi connectivity index (χ1) is 9.27. The minimum atomic E-state index is -0.388. The first kappa shape index (κ1) is 13.4. The molecule has 0 amide bonds. The third-order valence-corrected chi connectivity index (χ3v) is 2.78. The van der Waals surface area contributed by atoms with Crippen molar-refractivity contribution in [3.63, 3.8) is 0 Å². The summed E-state index contributed by atoms with van der Waals surface area (Å²) in [6, 6.07) is 6.40. The Morgan fingerprint density at radius 3 is 2.63 bits per heavy atom. The van der Waals surface area contributed by atoms with Gasteiger partial charge in [-0.25, -0.2) is 14.4 Å². The molecular formula is C14H16FN3O. The average molecular weight is 261 g/mol. The molecule has 1 aromatic carbocycles. The number of methoxy groups -OCH3 is 1. The second-order valence-electron chi connectivity index (χ2n) is 3.96. The monoisotopic (exact) mass is 261 g/mol. The number of nitrogens with one attached hydrogen (secondary N) is 1. The molecule has 100 valence electrons. The largest absolute Gasteiger partial charge is 0.494 e. The van der Waals surface area contributed by atoms with Crippen molar-refractivity contribution in [3.05, 3.63) is 53.9 Å². The highest BCUT2D eigenvalue weighted by Crippen LogP contribution is 2.27. The average Bonchev–Trinajstić information content (AvgIpc) is 2.46. The zero-order chi connectivity index (χ0) is 13.7. The van der Waals surface area contributed by atoms with Crippen LogP contribution in [0, 0.1) is 5.82 Å². The second kappa shape index (κ2) is 6.24. The van der Waals surface area contributed by atoms with Crippen molar-refractivity contribution in [2.75, 3.05) is 13.7 Å². The van der Waals surface area contributed by atoms with E-state index in [1.807, 2.05) is 6.92 Å². The van der Waals surface area contributed by atoms with Crippen molar-refractivity contribution in [1.82, 2.24) is 15.3 Å². The lowest BCUT2D eigenvalue weighted by atomic mass is 10.0. The first-order valence-corrected chi connectivity index (χ1v) is 6.10. The Balaban J connectivity index is 2.45. The molecule has 1 heterocycles. The van der Waals surface area contributed by atoms with Crippen LogP contribution in [0.2, 0.25) is 0 Å². The summed E-state index contributed by atoms with van der Waals surface area (Å²) >= 11 is 0. The highest BCUT2D eigenvalue weighted by molar-refractivity contribution is 5.35. The molecule has 0 bridgehead atoms. The van der Waals surface area contributed by atoms with Crippen LogP contribution in [0.1, 0.15) is 24.4 Å². The molecule has 19 heavy (non-hydrogen) atoms. The maximum absolute atomic E-state index is 14.3. The van der Waals surface area contributed by atoms with E-state index in [-0.39, 0.29) is 17.6 Å². The number of rotatable bonds is 5. The van der Waals surface area contributed by atoms with E-state index in [1.165, 1.54) is 7.11 Å². The second-order valence-corrected chi connectivity index (χ2v) is 3.96. The minimum Gasteiger partial charge on any atom is -0.494 e. The van der Waals surface area contributed by atoms with Gasteiger partial charge in [-0.05, 0) is 18.7 Å². The van der Waals surface area contributed by atoms with Crippen LogP contribution in [0.3, 0.4) is 0 Å². The molecule has 2 rings (SSSR count). The van der Waals surface area contributed by atoms with E-state index in [1.54, 1.807) is 36.7 Å². The summed E-state index contributed by atoms with van der Waals surface area (Å²) < 4.78 is 19.3. The molecule has 1 atom stereocenters. The van der Waals surface area contributed by atoms with Crippen LogP contribution < -0.4 is 10.1 Å². The highest BCUT2D eigenvalue weighted by Gasteiger charge is 2.21. The van der Waals surface area contributed by atoms with Gasteiger partial charge in [-0.15, -0.1) is 0 Å². The highest BCUT2D eigenvalue weighted by atomic mass is 19.1. The van der Waals surface area contributed by atoms with Crippen molar-refractivity contribution >= 4 is 0 Å². The van der Waals surface area contributed by atoms with Crippen molar-refractivity contribution in [2.45, 2.75) is 13.0 Å². The molecule has 0 saturated carbocycles. The van der Waals surface area contributed by atoms with Gasteiger partial charge in [0, 0.05) is 18.0 Å². The Labute approximate surface area is 111 Å². The Bertz CT molecular complexity index is 533. The fourth-order valence-corrected chi connectivity index (χ4v) is 1.91. The number of aromatic nitrogens is 2. The number of nitrogens with zero attached hydrogens (tertiary/aromatic N) is 2. The van der Waals surface area contributed by atoms with Gasteiger partial charge in [0.15, 0.2) is 11.6 Å². The quantitative estimate of drug-likeness (QED) is 0.897. The smallest absolute Gasteiger partial charge is 0.170 e. The van der Waals surface area contributed by atoms with E-state index < -0.39 is 0 Å². The van der Waals surface area contributed by atoms with Crippen molar-refractivity contribution < 1.29 is 9.13 Å². The molecule has 1 unspecified atom stereocenters. The number of benzene rings is 1. The molecule has 0 aliphatic rings. The Morgan fingerprint density at radius 1 is 1.26 bits per heavy atom. The van der Waals surface area contributed by atoms with Crippen LogP contribution >= 0.6 is 0 Å². The standard InChI is InChI=1S/C14H16FN3O/c1-3-16-13(14-17-8-5-9-18-14)10-6-4-7-11(19-2)12(10)15/h4-9,13,16H,3H2,1-2H3. The van der Waals surface area contributed by atoms with E-state index in [2.05, 4.69) is 15.3 Å². The molecule has 5 heteroatoms. The normalized spacial score (nSPS) is 12.2. The van der Waals surface area contributed by atoms with E-state index in [4.69, 9.17) is 4.74 Å². The molecule has 1 N–H and O–H groups in total. The summed E-state index contributed by atoms with van der Waals surface area (Å²) in [6.07, 6.45) is 3.29. The van der Waals surface area contributed by atoms with Crippen molar-refractivity contribution in [1.29, 1.82) is 0 Å². The fraction of sp³-hybridized carbons (Fsp3) is 0.286. The van der Waals surface area contributed by atoms with E-state index >= 15 is 0 Å². The van der Waals surface area contributed by atoms with Gasteiger partial charge in [0.2, 0.25) is 0 Å². The molecule has 0 spiro atoms. The number of hydrogen-bond donors (Lipinski definition) is 1. The Morgan fingerprint density at radius 2 is 2.00 bits per heavy atom. The van der Waals surface area contributed by atoms with Crippen LogP contribution in [0.4, 0.5) is 4.39 Å². The topological polar surface area (TPSA) is 47.0 Å². The predicted molar refractivity (Wildman–Crippen MR) is 70.5 cm³/mol. The predicted octanol–water partition coefficient (Wildman–Crippen LogP) is 2.32. The van der Waals surface area contributed by atoms with Gasteiger partial charge < -0.3 is 10.1 Å². The lowest BCUT2D eigenvalue weighted by molar-refractivity contribution is 0.381. The van der Waals surface area contributed by atoms with Gasteiger partial charge in [-0.1, -0.05) is 19.1 Å². The maximum atomic E-state index is 14.3. The van der Waals surface area contributed by atoms with Crippen LogP contribution in [0.25, 0.3) is 0 Å². The Hall–Kier alpha value is -2.01. The molecule has 0 saturated heterocycles. The van der Waals surface area contributed by atoms with Gasteiger partial charge in [0.1, 0.15) is 5.82 Å². The molecule has 2 aromatic rings. The maximum Gasteiger partial charge on any atom is 0.170 e. The van der Waals surface area contributed by atoms with E-state index in [0.29, 0.717) is 17.9 Å². The van der Waals surface area contributed by atoms with Crippen LogP contribution in [-0.4, -0.2) is 23.6 Å². The third-order valence-electron chi connectivity index (χ3n) is 2.78. The van der Waals surface area contributed by atoms with Gasteiger partial charge in [0.25, 0.3) is 0 Å². The zero-order valence-corrected chi connectivity index (χ0v) is 10.9. The van der Waals surface area contributed by atoms with Crippen LogP contribution in [0.5, 0.6) is 5.75 Å². The van der Waals surface area contributed by atoms with Crippen LogP contribution in [0.15, 0.2) is 36.7 Å². The van der Waals surface area contributed by atoms with Gasteiger partial charge in [-0.2, -0.15) is 0 Å². The summed E-state index contributed by atoms with van der Waals surface area (Å²) in [5.41, 5.74) is 0.479. The van der Waals surface area contributed by atoms with E-state index in [0.717, 1.165) is 0 Å². The van der Waals surface area contributed by atoms with Crippen LogP contribution in [-0.2, 0) is 0 Å². The lowest BCUT2D eigenvalue weighted by Gasteiger charge is -2.18. The molecule has 0 radical (unpaired) electrons. The van der Waals surface area contributed by atoms with Gasteiger partial charge >= 0.3 is 0 Å². The number of hydrogen-bond acceptors (Lipinski definition) is 4. The lowest BCUT2D eigenvalue weighted by Crippen LogP contribution is -2.25. The summed E-state index contributed by atoms with van der Waals surface area (Å²) in [4.78, 5) is 8.38. The summed E-state index contributed by atoms with van der Waals surface area (Å²) in [5.74, 6) is 0.372. The van der Waals surface area contributed by atoms with Crippen molar-refractivity contribution in [3.8, 4) is 5.75 Å². The summed E-state index contributed by atoms with van der Waals surface area (Å²) in [5, 5.41) is 3.19. The van der Waals surface area contributed by atoms with Gasteiger partial charge in [-0.3, -0.25) is 0 Å². The van der Waals surface area contributed by atoms with Crippen molar-refractivity contribution in [2.24, 2.45) is 0 Å². The minimum absolute atomic E-state index is 0.219. The summed E-state index contributed by atoms with van der Waals surface area (Å²) in [7, 11) is 1.45. The zero-order valence-electron chi connectivity index (χ0n) is 10.9. The molecule has 4 nitrogen and oxygen atoms in total. The number of halogens is 1. The molecule has 0 aliphatic carbocycles. The third kappa shape index (κ3) is 2.88. The first-order valence-electron chi connectivity index (χ1n) is 6.10. The summed E-state index contributed by atoms with van der Waals surface area (Å²) in [6.45, 7) is 2.63. The molecule has 0 aliphatic heterocycles. The van der Waals surface area contributed by atoms with Gasteiger partial charge in [0.05, 0.1) is 13.2 Å². The molecule has 0 fully saturated rings. The van der Waals surface area contributed by atoms with E-state index in [9.17, 15) is 4.39 Å². The molecular weight excluding hydrogens is 245 g/mol. The Kier molecular flexibility index (Phi) is 4.41. The fourth-order valence-electron chi connectivity index (χ4n) is 1.91.